The van der Waals surface area contributed by atoms with Crippen molar-refractivity contribution in [1.82, 2.24) is 15.3 Å². The van der Waals surface area contributed by atoms with Crippen LogP contribution in [-0.2, 0) is 20.1 Å². The van der Waals surface area contributed by atoms with Crippen LogP contribution >= 0.6 is 0 Å². The Balaban J connectivity index is 2.46. The fraction of sp³-hybridized carbons (Fsp3) is 0.474. The molecule has 0 spiro atoms. The first-order valence-electron chi connectivity index (χ1n) is 9.16. The van der Waals surface area contributed by atoms with Gasteiger partial charge < -0.3 is 5.32 Å². The number of rotatable bonds is 7. The molecule has 0 saturated carbocycles. The maximum absolute atomic E-state index is 13.0. The summed E-state index contributed by atoms with van der Waals surface area (Å²) in [6.07, 6.45) is -3.71. The molecule has 1 unspecified atom stereocenters. The van der Waals surface area contributed by atoms with Crippen molar-refractivity contribution in [3.8, 4) is 0 Å². The highest BCUT2D eigenvalue weighted by atomic mass is 32.2. The molecule has 172 valence electrons. The molecule has 2 N–H and O–H groups in total. The van der Waals surface area contributed by atoms with Crippen LogP contribution in [0.25, 0.3) is 0 Å². The molecule has 0 aliphatic heterocycles. The number of halogens is 3. The summed E-state index contributed by atoms with van der Waals surface area (Å²) in [4.78, 5) is 16.9. The van der Waals surface area contributed by atoms with Gasteiger partial charge in [-0.1, -0.05) is 20.8 Å². The summed E-state index contributed by atoms with van der Waals surface area (Å²) in [6, 6.07) is 5.63. The highest BCUT2D eigenvalue weighted by Gasteiger charge is 2.42. The zero-order chi connectivity index (χ0) is 23.6. The molecule has 2 aromatic rings. The zero-order valence-electron chi connectivity index (χ0n) is 17.7. The molecule has 2 rings (SSSR count). The smallest absolute Gasteiger partial charge is 0.365 e. The summed E-state index contributed by atoms with van der Waals surface area (Å²) in [5, 5.41) is 8.50. The van der Waals surface area contributed by atoms with E-state index in [9.17, 15) is 26.4 Å². The van der Waals surface area contributed by atoms with Crippen LogP contribution in [0.2, 0.25) is 0 Å². The maximum atomic E-state index is 13.0. The van der Waals surface area contributed by atoms with Gasteiger partial charge in [-0.3, -0.25) is 14.7 Å². The van der Waals surface area contributed by atoms with E-state index >= 15 is 0 Å². The number of hydrogen-bond donors (Lipinski definition) is 2. The summed E-state index contributed by atoms with van der Waals surface area (Å²) in [5.74, 6) is -2.44. The molecular weight excluding hydrogens is 437 g/mol. The lowest BCUT2D eigenvalue weighted by molar-refractivity contribution is -0.106. The van der Waals surface area contributed by atoms with Crippen molar-refractivity contribution in [2.24, 2.45) is 0 Å². The molecule has 1 aromatic carbocycles. The van der Waals surface area contributed by atoms with E-state index in [-0.39, 0.29) is 16.8 Å². The third-order valence-electron chi connectivity index (χ3n) is 4.41. The molecule has 0 bridgehead atoms. The fourth-order valence-electron chi connectivity index (χ4n) is 2.89. The number of H-pyrrole nitrogens is 1. The topological polar surface area (TPSA) is 104 Å². The van der Waals surface area contributed by atoms with Gasteiger partial charge in [0.25, 0.3) is 5.91 Å². The molecule has 0 saturated heterocycles. The number of sulfone groups is 1. The Bertz CT molecular complexity index is 1010. The van der Waals surface area contributed by atoms with Gasteiger partial charge in [0.1, 0.15) is 5.75 Å². The van der Waals surface area contributed by atoms with Gasteiger partial charge in [-0.2, -0.15) is 18.3 Å². The predicted octanol–water partition coefficient (Wildman–Crippen LogP) is 3.43. The lowest BCUT2D eigenvalue weighted by atomic mass is 9.89. The number of anilines is 1. The van der Waals surface area contributed by atoms with Crippen LogP contribution in [0.1, 0.15) is 47.8 Å². The number of carbonyl (C=O) groups is 1. The quantitative estimate of drug-likeness (QED) is 0.611. The molecular formula is C19H25F3N4O4S. The van der Waals surface area contributed by atoms with Crippen LogP contribution in [0.5, 0.6) is 0 Å². The number of carbonyl (C=O) groups excluding carboxylic acids is 1. The van der Waals surface area contributed by atoms with Gasteiger partial charge in [0.2, 0.25) is 0 Å². The van der Waals surface area contributed by atoms with Crippen molar-refractivity contribution in [2.75, 3.05) is 25.2 Å². The lowest BCUT2D eigenvalue weighted by Gasteiger charge is -2.25. The van der Waals surface area contributed by atoms with Crippen LogP contribution in [0.4, 0.5) is 18.9 Å². The van der Waals surface area contributed by atoms with Crippen molar-refractivity contribution in [3.63, 3.8) is 0 Å². The molecule has 0 fully saturated rings. The number of aromatic amines is 1. The van der Waals surface area contributed by atoms with Crippen LogP contribution < -0.4 is 5.32 Å². The number of hydrogen-bond acceptors (Lipinski definition) is 6. The van der Waals surface area contributed by atoms with Gasteiger partial charge in [0.15, 0.2) is 15.2 Å². The molecule has 8 nitrogen and oxygen atoms in total. The Kier molecular flexibility index (Phi) is 7.06. The monoisotopic (exact) mass is 462 g/mol. The number of aromatic nitrogens is 2. The number of alkyl halides is 3. The molecule has 1 amide bonds. The van der Waals surface area contributed by atoms with Gasteiger partial charge >= 0.3 is 6.18 Å². The second-order valence-corrected chi connectivity index (χ2v) is 10.0. The van der Waals surface area contributed by atoms with Crippen molar-refractivity contribution in [1.29, 1.82) is 0 Å². The summed E-state index contributed by atoms with van der Waals surface area (Å²) >= 11 is 0. The number of amides is 1. The van der Waals surface area contributed by atoms with Crippen molar-refractivity contribution < 1.29 is 31.2 Å². The van der Waals surface area contributed by atoms with Gasteiger partial charge in [-0.15, -0.1) is 0 Å². The van der Waals surface area contributed by atoms with Crippen molar-refractivity contribution in [3.05, 3.63) is 47.3 Å². The van der Waals surface area contributed by atoms with Crippen LogP contribution in [0.3, 0.4) is 0 Å². The predicted molar refractivity (Wildman–Crippen MR) is 109 cm³/mol. The Labute approximate surface area is 178 Å². The number of benzene rings is 1. The first-order chi connectivity index (χ1) is 14.2. The van der Waals surface area contributed by atoms with Gasteiger partial charge in [-0.05, 0) is 24.3 Å². The SMILES string of the molecule is CON(C)C(=O)c1ccc(NC(c2cn[nH]c2C(C)(C)C)S(=O)(=O)CC(F)(F)F)cc1. The van der Waals surface area contributed by atoms with Crippen LogP contribution in [-0.4, -0.2) is 55.7 Å². The van der Waals surface area contributed by atoms with E-state index in [1.807, 2.05) is 0 Å². The van der Waals surface area contributed by atoms with E-state index in [0.717, 1.165) is 5.06 Å². The van der Waals surface area contributed by atoms with Crippen LogP contribution in [0.15, 0.2) is 30.5 Å². The molecule has 0 aliphatic rings. The second-order valence-electron chi connectivity index (χ2n) is 7.96. The van der Waals surface area contributed by atoms with Gasteiger partial charge in [-0.25, -0.2) is 13.5 Å². The molecule has 1 atom stereocenters. The highest BCUT2D eigenvalue weighted by molar-refractivity contribution is 7.91. The molecule has 0 aliphatic carbocycles. The van der Waals surface area contributed by atoms with E-state index in [4.69, 9.17) is 4.84 Å². The van der Waals surface area contributed by atoms with E-state index in [2.05, 4.69) is 15.5 Å². The summed E-state index contributed by atoms with van der Waals surface area (Å²) in [5.41, 5.74) is 0.359. The van der Waals surface area contributed by atoms with E-state index < -0.39 is 38.5 Å². The Hall–Kier alpha value is -2.60. The standard InChI is InChI=1S/C19H25F3N4O4S/c1-18(2,3)15-14(10-23-25-15)16(31(28,29)11-19(20,21)22)24-13-8-6-12(7-9-13)17(27)26(4)30-5/h6-10,16,24H,11H2,1-5H3,(H,23,25). The summed E-state index contributed by atoms with van der Waals surface area (Å²) < 4.78 is 64.4. The minimum Gasteiger partial charge on any atom is -0.365 e. The minimum atomic E-state index is -4.91. The number of nitrogens with zero attached hydrogens (tertiary/aromatic N) is 2. The van der Waals surface area contributed by atoms with Crippen molar-refractivity contribution in [2.45, 2.75) is 37.7 Å². The number of hydroxylamine groups is 2. The van der Waals surface area contributed by atoms with Gasteiger partial charge in [0, 0.05) is 35.0 Å². The Morgan fingerprint density at radius 3 is 2.29 bits per heavy atom. The highest BCUT2D eigenvalue weighted by Crippen LogP contribution is 2.35. The fourth-order valence-corrected chi connectivity index (χ4v) is 4.40. The molecule has 0 radical (unpaired) electrons. The van der Waals surface area contributed by atoms with Crippen molar-refractivity contribution >= 4 is 21.4 Å². The molecule has 1 aromatic heterocycles. The van der Waals surface area contributed by atoms with E-state index in [0.29, 0.717) is 5.69 Å². The molecule has 12 heteroatoms. The average molecular weight is 462 g/mol. The molecule has 1 heterocycles. The zero-order valence-corrected chi connectivity index (χ0v) is 18.6. The Morgan fingerprint density at radius 1 is 1.23 bits per heavy atom. The second kappa shape index (κ2) is 8.87. The molecule has 31 heavy (non-hydrogen) atoms. The minimum absolute atomic E-state index is 0.0935. The largest absolute Gasteiger partial charge is 0.402 e. The first kappa shape index (κ1) is 24.7. The third kappa shape index (κ3) is 6.20. The lowest BCUT2D eigenvalue weighted by Crippen LogP contribution is -2.32. The summed E-state index contributed by atoms with van der Waals surface area (Å²) in [6.45, 7) is 5.35. The third-order valence-corrected chi connectivity index (χ3v) is 6.23. The van der Waals surface area contributed by atoms with E-state index in [1.165, 1.54) is 44.6 Å². The van der Waals surface area contributed by atoms with E-state index in [1.54, 1.807) is 20.8 Å². The normalized spacial score (nSPS) is 13.7. The first-order valence-corrected chi connectivity index (χ1v) is 10.9. The average Bonchev–Trinajstić information content (AvgIpc) is 3.13. The number of nitrogens with one attached hydrogen (secondary N) is 2. The maximum Gasteiger partial charge on any atom is 0.402 e. The van der Waals surface area contributed by atoms with Gasteiger partial charge in [0.05, 0.1) is 13.3 Å². The van der Waals surface area contributed by atoms with Crippen LogP contribution in [0, 0.1) is 0 Å². The Morgan fingerprint density at radius 2 is 1.81 bits per heavy atom. The summed E-state index contributed by atoms with van der Waals surface area (Å²) in [7, 11) is -1.98.